The number of aromatic carboxylic acids is 1. The molecule has 3 rings (SSSR count). The van der Waals surface area contributed by atoms with E-state index in [-0.39, 0.29) is 5.56 Å². The lowest BCUT2D eigenvalue weighted by molar-refractivity contribution is -0.143. The first-order chi connectivity index (χ1) is 10.5. The second-order valence-electron chi connectivity index (χ2n) is 5.72. The Hall–Kier alpha value is -2.34. The minimum Gasteiger partial charge on any atom is -0.480 e. The van der Waals surface area contributed by atoms with E-state index in [1.54, 1.807) is 24.4 Å². The number of carbonyl (C=O) groups is 2. The second-order valence-corrected chi connectivity index (χ2v) is 5.72. The summed E-state index contributed by atoms with van der Waals surface area (Å²) < 4.78 is 1.85. The highest BCUT2D eigenvalue weighted by molar-refractivity contribution is 5.96. The maximum absolute atomic E-state index is 11.8. The van der Waals surface area contributed by atoms with Gasteiger partial charge in [-0.15, -0.1) is 0 Å². The van der Waals surface area contributed by atoms with Gasteiger partial charge >= 0.3 is 11.9 Å². The number of aliphatic carboxylic acids is 1. The number of benzene rings is 1. The molecule has 2 heterocycles. The maximum atomic E-state index is 11.8. The fourth-order valence-corrected chi connectivity index (χ4v) is 3.26. The molecule has 0 unspecified atom stereocenters. The number of aryl methyl sites for hydroxylation is 1. The summed E-state index contributed by atoms with van der Waals surface area (Å²) >= 11 is 0. The van der Waals surface area contributed by atoms with Gasteiger partial charge in [-0.3, -0.25) is 9.69 Å². The molecule has 1 aliphatic rings. The molecular weight excluding hydrogens is 284 g/mol. The zero-order chi connectivity index (χ0) is 15.9. The van der Waals surface area contributed by atoms with Gasteiger partial charge < -0.3 is 14.8 Å². The average molecular weight is 302 g/mol. The molecule has 22 heavy (non-hydrogen) atoms. The topological polar surface area (TPSA) is 82.8 Å². The van der Waals surface area contributed by atoms with Gasteiger partial charge in [0, 0.05) is 29.7 Å². The van der Waals surface area contributed by atoms with Gasteiger partial charge in [0.25, 0.3) is 0 Å². The molecule has 0 bridgehead atoms. The van der Waals surface area contributed by atoms with Crippen molar-refractivity contribution in [3.63, 3.8) is 0 Å². The molecule has 1 aromatic carbocycles. The Morgan fingerprint density at radius 1 is 1.18 bits per heavy atom. The number of fused-ring (bicyclic) bond motifs is 1. The summed E-state index contributed by atoms with van der Waals surface area (Å²) in [5.74, 6) is -1.90. The minimum atomic E-state index is -1.01. The first-order valence-electron chi connectivity index (χ1n) is 7.28. The van der Waals surface area contributed by atoms with Crippen molar-refractivity contribution >= 4 is 22.8 Å². The number of nitrogens with zero attached hydrogens (tertiary/aromatic N) is 2. The van der Waals surface area contributed by atoms with E-state index in [2.05, 4.69) is 0 Å². The lowest BCUT2D eigenvalue weighted by Gasteiger charge is -2.23. The van der Waals surface area contributed by atoms with Crippen LogP contribution >= 0.6 is 0 Å². The van der Waals surface area contributed by atoms with Crippen molar-refractivity contribution in [2.24, 2.45) is 7.05 Å². The standard InChI is InChI=1S/C16H18N2O4/c1-17-9-12(14(16(21)22)18-6-2-3-7-18)11-8-10(15(19)20)4-5-13(11)17/h4-5,8-9,14H,2-3,6-7H2,1H3,(H,19,20)(H,21,22)/t14-/m1/s1. The molecule has 0 saturated carbocycles. The van der Waals surface area contributed by atoms with Crippen LogP contribution in [0.1, 0.15) is 34.8 Å². The van der Waals surface area contributed by atoms with E-state index in [0.717, 1.165) is 31.4 Å². The minimum absolute atomic E-state index is 0.172. The Balaban J connectivity index is 2.17. The molecule has 6 heteroatoms. The van der Waals surface area contributed by atoms with Gasteiger partial charge in [0.1, 0.15) is 6.04 Å². The van der Waals surface area contributed by atoms with Gasteiger partial charge in [-0.1, -0.05) is 0 Å². The Kier molecular flexibility index (Phi) is 3.62. The molecule has 0 amide bonds. The Labute approximate surface area is 127 Å². The molecule has 6 nitrogen and oxygen atoms in total. The van der Waals surface area contributed by atoms with Crippen molar-refractivity contribution in [3.8, 4) is 0 Å². The van der Waals surface area contributed by atoms with Crippen molar-refractivity contribution in [3.05, 3.63) is 35.5 Å². The van der Waals surface area contributed by atoms with Gasteiger partial charge in [-0.05, 0) is 44.1 Å². The zero-order valence-corrected chi connectivity index (χ0v) is 12.3. The van der Waals surface area contributed by atoms with Crippen molar-refractivity contribution in [2.45, 2.75) is 18.9 Å². The predicted octanol–water partition coefficient (Wildman–Crippen LogP) is 2.10. The summed E-state index contributed by atoms with van der Waals surface area (Å²) in [5, 5.41) is 19.5. The second kappa shape index (κ2) is 5.46. The summed E-state index contributed by atoms with van der Waals surface area (Å²) in [6.45, 7) is 1.51. The largest absolute Gasteiger partial charge is 0.480 e. The summed E-state index contributed by atoms with van der Waals surface area (Å²) in [4.78, 5) is 24.9. The monoisotopic (exact) mass is 302 g/mol. The van der Waals surface area contributed by atoms with Crippen molar-refractivity contribution < 1.29 is 19.8 Å². The highest BCUT2D eigenvalue weighted by atomic mass is 16.4. The molecule has 1 aliphatic heterocycles. The maximum Gasteiger partial charge on any atom is 0.335 e. The molecule has 1 fully saturated rings. The van der Waals surface area contributed by atoms with E-state index in [4.69, 9.17) is 5.11 Å². The van der Waals surface area contributed by atoms with Crippen LogP contribution in [0.25, 0.3) is 10.9 Å². The van der Waals surface area contributed by atoms with E-state index in [1.807, 2.05) is 16.5 Å². The molecule has 1 atom stereocenters. The molecule has 2 aromatic rings. The predicted molar refractivity (Wildman–Crippen MR) is 81.1 cm³/mol. The lowest BCUT2D eigenvalue weighted by Crippen LogP contribution is -2.31. The average Bonchev–Trinajstić information content (AvgIpc) is 3.08. The third kappa shape index (κ3) is 2.35. The third-order valence-corrected chi connectivity index (χ3v) is 4.30. The summed E-state index contributed by atoms with van der Waals surface area (Å²) in [6.07, 6.45) is 3.79. The Morgan fingerprint density at radius 3 is 2.45 bits per heavy atom. The normalized spacial score (nSPS) is 17.0. The van der Waals surface area contributed by atoms with Crippen LogP contribution < -0.4 is 0 Å². The van der Waals surface area contributed by atoms with Gasteiger partial charge in [0.15, 0.2) is 0 Å². The molecular formula is C16H18N2O4. The van der Waals surface area contributed by atoms with E-state index >= 15 is 0 Å². The van der Waals surface area contributed by atoms with E-state index in [1.165, 1.54) is 0 Å². The van der Waals surface area contributed by atoms with E-state index < -0.39 is 18.0 Å². The number of carboxylic acid groups (broad SMARTS) is 2. The van der Waals surface area contributed by atoms with E-state index in [0.29, 0.717) is 10.9 Å². The fraction of sp³-hybridized carbons (Fsp3) is 0.375. The highest BCUT2D eigenvalue weighted by Gasteiger charge is 2.32. The van der Waals surface area contributed by atoms with Gasteiger partial charge in [-0.2, -0.15) is 0 Å². The zero-order valence-electron chi connectivity index (χ0n) is 12.3. The van der Waals surface area contributed by atoms with Crippen LogP contribution in [0, 0.1) is 0 Å². The number of rotatable bonds is 4. The van der Waals surface area contributed by atoms with Crippen LogP contribution in [0.4, 0.5) is 0 Å². The van der Waals surface area contributed by atoms with Crippen molar-refractivity contribution in [1.82, 2.24) is 9.47 Å². The third-order valence-electron chi connectivity index (χ3n) is 4.30. The quantitative estimate of drug-likeness (QED) is 0.903. The van der Waals surface area contributed by atoms with Gasteiger partial charge in [0.05, 0.1) is 5.56 Å². The number of carboxylic acids is 2. The summed E-state index contributed by atoms with van der Waals surface area (Å²) in [6, 6.07) is 4.11. The van der Waals surface area contributed by atoms with Crippen LogP contribution in [0.3, 0.4) is 0 Å². The summed E-state index contributed by atoms with van der Waals surface area (Å²) in [7, 11) is 1.84. The van der Waals surface area contributed by atoms with Crippen LogP contribution in [0.15, 0.2) is 24.4 Å². The van der Waals surface area contributed by atoms with Gasteiger partial charge in [0.2, 0.25) is 0 Å². The number of hydrogen-bond donors (Lipinski definition) is 2. The highest BCUT2D eigenvalue weighted by Crippen LogP contribution is 2.32. The molecule has 1 saturated heterocycles. The molecule has 1 aromatic heterocycles. The van der Waals surface area contributed by atoms with Crippen LogP contribution in [0.2, 0.25) is 0 Å². The van der Waals surface area contributed by atoms with Crippen LogP contribution in [-0.2, 0) is 11.8 Å². The van der Waals surface area contributed by atoms with Crippen molar-refractivity contribution in [1.29, 1.82) is 0 Å². The Morgan fingerprint density at radius 2 is 1.86 bits per heavy atom. The van der Waals surface area contributed by atoms with Crippen molar-refractivity contribution in [2.75, 3.05) is 13.1 Å². The van der Waals surface area contributed by atoms with Crippen LogP contribution in [0.5, 0.6) is 0 Å². The van der Waals surface area contributed by atoms with E-state index in [9.17, 15) is 14.7 Å². The number of aromatic nitrogens is 1. The van der Waals surface area contributed by atoms with Gasteiger partial charge in [-0.25, -0.2) is 4.79 Å². The molecule has 0 aliphatic carbocycles. The molecule has 2 N–H and O–H groups in total. The SMILES string of the molecule is Cn1cc([C@H](C(=O)O)N2CCCC2)c2cc(C(=O)O)ccc21. The Bertz CT molecular complexity index is 744. The molecule has 116 valence electrons. The number of likely N-dealkylation sites (tertiary alicyclic amines) is 1. The van der Waals surface area contributed by atoms with Crippen LogP contribution in [-0.4, -0.2) is 44.7 Å². The number of hydrogen-bond acceptors (Lipinski definition) is 3. The first kappa shape index (κ1) is 14.6. The fourth-order valence-electron chi connectivity index (χ4n) is 3.26. The molecule has 0 spiro atoms. The first-order valence-corrected chi connectivity index (χ1v) is 7.28. The smallest absolute Gasteiger partial charge is 0.335 e. The summed E-state index contributed by atoms with van der Waals surface area (Å²) in [5.41, 5.74) is 1.67. The molecule has 0 radical (unpaired) electrons. The lowest BCUT2D eigenvalue weighted by atomic mass is 10.0.